The molecule has 0 aliphatic carbocycles. The monoisotopic (exact) mass is 357 g/mol. The van der Waals surface area contributed by atoms with E-state index in [4.69, 9.17) is 4.42 Å². The zero-order valence-corrected chi connectivity index (χ0v) is 15.1. The fourth-order valence-corrected chi connectivity index (χ4v) is 2.94. The van der Waals surface area contributed by atoms with Gasteiger partial charge in [-0.3, -0.25) is 14.2 Å². The summed E-state index contributed by atoms with van der Waals surface area (Å²) in [4.78, 5) is 30.4. The number of hydrogen-bond donors (Lipinski definition) is 2. The molecule has 3 rings (SSSR count). The van der Waals surface area contributed by atoms with E-state index in [1.807, 2.05) is 19.9 Å². The third-order valence-corrected chi connectivity index (χ3v) is 4.03. The molecule has 0 bridgehead atoms. The van der Waals surface area contributed by atoms with Crippen LogP contribution in [0.4, 0.5) is 5.69 Å². The van der Waals surface area contributed by atoms with Crippen molar-refractivity contribution in [3.05, 3.63) is 52.3 Å². The molecule has 2 heterocycles. The number of nitrogens with one attached hydrogen (secondary N) is 1. The molecule has 7 heteroatoms. The average Bonchev–Trinajstić information content (AvgIpc) is 2.87. The van der Waals surface area contributed by atoms with E-state index in [1.165, 1.54) is 10.9 Å². The minimum Gasteiger partial charge on any atom is -0.442 e. The standard InChI is InChI=1S/C18H19N3O3S/c1-10(2)8-21-9-19-17-15(18(21)23)14(11(3)24-17)16(22)20-12-5-4-6-13(25)7-12/h4-7,9-10,25H,8H2,1-3H3,(H,20,22). The molecule has 6 nitrogen and oxygen atoms in total. The fraction of sp³-hybridized carbons (Fsp3) is 0.278. The van der Waals surface area contributed by atoms with Crippen LogP contribution in [0.1, 0.15) is 30.0 Å². The Morgan fingerprint density at radius 2 is 2.16 bits per heavy atom. The lowest BCUT2D eigenvalue weighted by Crippen LogP contribution is -2.24. The Hall–Kier alpha value is -2.54. The first-order valence-electron chi connectivity index (χ1n) is 7.95. The molecular weight excluding hydrogens is 338 g/mol. The summed E-state index contributed by atoms with van der Waals surface area (Å²) in [6.45, 7) is 6.19. The molecule has 1 aromatic carbocycles. The van der Waals surface area contributed by atoms with E-state index in [2.05, 4.69) is 22.9 Å². The number of aromatic nitrogens is 2. The fourth-order valence-electron chi connectivity index (χ4n) is 2.71. The van der Waals surface area contributed by atoms with Crippen molar-refractivity contribution in [3.8, 4) is 0 Å². The van der Waals surface area contributed by atoms with E-state index in [9.17, 15) is 9.59 Å². The summed E-state index contributed by atoms with van der Waals surface area (Å²) in [7, 11) is 0. The number of benzene rings is 1. The van der Waals surface area contributed by atoms with Gasteiger partial charge >= 0.3 is 0 Å². The van der Waals surface area contributed by atoms with Crippen LogP contribution in [0.3, 0.4) is 0 Å². The van der Waals surface area contributed by atoms with E-state index in [1.54, 1.807) is 25.1 Å². The number of fused-ring (bicyclic) bond motifs is 1. The maximum absolute atomic E-state index is 12.8. The van der Waals surface area contributed by atoms with E-state index < -0.39 is 5.91 Å². The maximum atomic E-state index is 12.8. The lowest BCUT2D eigenvalue weighted by Gasteiger charge is -2.08. The van der Waals surface area contributed by atoms with Gasteiger partial charge in [0.2, 0.25) is 5.71 Å². The van der Waals surface area contributed by atoms with E-state index in [0.717, 1.165) is 4.90 Å². The summed E-state index contributed by atoms with van der Waals surface area (Å²) in [5.74, 6) is 0.234. The summed E-state index contributed by atoms with van der Waals surface area (Å²) in [6.07, 6.45) is 1.46. The van der Waals surface area contributed by atoms with Crippen LogP contribution in [0, 0.1) is 12.8 Å². The Kier molecular flexibility index (Phi) is 4.67. The lowest BCUT2D eigenvalue weighted by atomic mass is 10.1. The molecule has 0 atom stereocenters. The number of carbonyl (C=O) groups is 1. The number of amides is 1. The Balaban J connectivity index is 2.07. The molecule has 0 spiro atoms. The minimum atomic E-state index is -0.406. The second-order valence-electron chi connectivity index (χ2n) is 6.31. The van der Waals surface area contributed by atoms with Gasteiger partial charge in [-0.05, 0) is 31.0 Å². The molecule has 0 aliphatic rings. The first-order valence-corrected chi connectivity index (χ1v) is 8.40. The molecule has 0 unspecified atom stereocenters. The summed E-state index contributed by atoms with van der Waals surface area (Å²) in [5.41, 5.74) is 0.715. The van der Waals surface area contributed by atoms with Crippen LogP contribution in [0.25, 0.3) is 11.1 Å². The van der Waals surface area contributed by atoms with E-state index in [-0.39, 0.29) is 28.1 Å². The van der Waals surface area contributed by atoms with Gasteiger partial charge in [-0.1, -0.05) is 19.9 Å². The molecule has 0 saturated carbocycles. The second kappa shape index (κ2) is 6.76. The van der Waals surface area contributed by atoms with Crippen LogP contribution in [-0.2, 0) is 6.54 Å². The van der Waals surface area contributed by atoms with Crippen LogP contribution in [0.5, 0.6) is 0 Å². The first-order chi connectivity index (χ1) is 11.9. The smallest absolute Gasteiger partial charge is 0.265 e. The van der Waals surface area contributed by atoms with Crippen molar-refractivity contribution in [1.82, 2.24) is 9.55 Å². The van der Waals surface area contributed by atoms with Gasteiger partial charge in [-0.2, -0.15) is 0 Å². The van der Waals surface area contributed by atoms with Crippen molar-refractivity contribution in [1.29, 1.82) is 0 Å². The predicted molar refractivity (Wildman–Crippen MR) is 99.5 cm³/mol. The molecule has 25 heavy (non-hydrogen) atoms. The average molecular weight is 357 g/mol. The Labute approximate surface area is 150 Å². The van der Waals surface area contributed by atoms with Crippen molar-refractivity contribution < 1.29 is 9.21 Å². The summed E-state index contributed by atoms with van der Waals surface area (Å²) in [6, 6.07) is 7.08. The largest absolute Gasteiger partial charge is 0.442 e. The Morgan fingerprint density at radius 3 is 2.84 bits per heavy atom. The number of nitrogens with zero attached hydrogens (tertiary/aromatic N) is 2. The maximum Gasteiger partial charge on any atom is 0.265 e. The minimum absolute atomic E-state index is 0.176. The molecule has 0 fully saturated rings. The molecule has 2 aromatic heterocycles. The van der Waals surface area contributed by atoms with Crippen molar-refractivity contribution in [3.63, 3.8) is 0 Å². The molecule has 0 aliphatic heterocycles. The number of thiol groups is 1. The lowest BCUT2D eigenvalue weighted by molar-refractivity contribution is 0.102. The van der Waals surface area contributed by atoms with Gasteiger partial charge in [-0.15, -0.1) is 12.6 Å². The molecule has 1 amide bonds. The molecule has 0 radical (unpaired) electrons. The SMILES string of the molecule is Cc1oc2ncn(CC(C)C)c(=O)c2c1C(=O)Nc1cccc(S)c1. The summed E-state index contributed by atoms with van der Waals surface area (Å²) in [5, 5.41) is 2.99. The second-order valence-corrected chi connectivity index (χ2v) is 6.83. The van der Waals surface area contributed by atoms with Crippen LogP contribution >= 0.6 is 12.6 Å². The number of anilines is 1. The number of furan rings is 1. The number of rotatable bonds is 4. The van der Waals surface area contributed by atoms with Crippen LogP contribution < -0.4 is 10.9 Å². The van der Waals surface area contributed by atoms with Crippen molar-refractivity contribution >= 4 is 35.3 Å². The molecule has 1 N–H and O–H groups in total. The topological polar surface area (TPSA) is 77.1 Å². The molecule has 0 saturated heterocycles. The summed E-state index contributed by atoms with van der Waals surface area (Å²) < 4.78 is 7.03. The molecule has 130 valence electrons. The highest BCUT2D eigenvalue weighted by atomic mass is 32.1. The van der Waals surface area contributed by atoms with Gasteiger partial charge in [0.05, 0.1) is 5.56 Å². The quantitative estimate of drug-likeness (QED) is 0.701. The first kappa shape index (κ1) is 17.3. The van der Waals surface area contributed by atoms with Gasteiger partial charge in [0.1, 0.15) is 17.5 Å². The van der Waals surface area contributed by atoms with Crippen molar-refractivity contribution in [2.24, 2.45) is 5.92 Å². The van der Waals surface area contributed by atoms with Gasteiger partial charge in [0.15, 0.2) is 0 Å². The van der Waals surface area contributed by atoms with E-state index in [0.29, 0.717) is 18.0 Å². The zero-order chi connectivity index (χ0) is 18.1. The van der Waals surface area contributed by atoms with Gasteiger partial charge in [-0.25, -0.2) is 4.98 Å². The van der Waals surface area contributed by atoms with Gasteiger partial charge in [0, 0.05) is 17.1 Å². The van der Waals surface area contributed by atoms with Crippen molar-refractivity contribution in [2.75, 3.05) is 5.32 Å². The highest BCUT2D eigenvalue weighted by Gasteiger charge is 2.23. The highest BCUT2D eigenvalue weighted by molar-refractivity contribution is 7.80. The Bertz CT molecular complexity index is 1000. The number of carbonyl (C=O) groups excluding carboxylic acids is 1. The normalized spacial score (nSPS) is 11.2. The molecule has 3 aromatic rings. The van der Waals surface area contributed by atoms with Crippen LogP contribution in [0.2, 0.25) is 0 Å². The Morgan fingerprint density at radius 1 is 1.40 bits per heavy atom. The third kappa shape index (κ3) is 3.46. The highest BCUT2D eigenvalue weighted by Crippen LogP contribution is 2.23. The van der Waals surface area contributed by atoms with E-state index >= 15 is 0 Å². The van der Waals surface area contributed by atoms with Gasteiger partial charge in [0.25, 0.3) is 11.5 Å². The summed E-state index contributed by atoms with van der Waals surface area (Å²) >= 11 is 4.26. The van der Waals surface area contributed by atoms with Gasteiger partial charge < -0.3 is 9.73 Å². The van der Waals surface area contributed by atoms with Crippen LogP contribution in [0.15, 0.2) is 44.7 Å². The van der Waals surface area contributed by atoms with Crippen molar-refractivity contribution in [2.45, 2.75) is 32.2 Å². The molecular formula is C18H19N3O3S. The number of aryl methyl sites for hydroxylation is 1. The van der Waals surface area contributed by atoms with Crippen LogP contribution in [-0.4, -0.2) is 15.5 Å². The predicted octanol–water partition coefficient (Wildman–Crippen LogP) is 3.49. The zero-order valence-electron chi connectivity index (χ0n) is 14.2. The third-order valence-electron chi connectivity index (χ3n) is 3.75. The number of hydrogen-bond acceptors (Lipinski definition) is 5.